The Morgan fingerprint density at radius 3 is 3.10 bits per heavy atom. The molecule has 21 heavy (non-hydrogen) atoms. The first kappa shape index (κ1) is 14.6. The average molecular weight is 325 g/mol. The van der Waals surface area contributed by atoms with Crippen LogP contribution in [0.2, 0.25) is 4.34 Å². The van der Waals surface area contributed by atoms with Gasteiger partial charge in [-0.1, -0.05) is 16.8 Å². The highest BCUT2D eigenvalue weighted by molar-refractivity contribution is 7.16. The summed E-state index contributed by atoms with van der Waals surface area (Å²) in [5.74, 6) is 0.972. The minimum absolute atomic E-state index is 0.0712. The van der Waals surface area contributed by atoms with E-state index in [0.29, 0.717) is 6.42 Å². The Kier molecular flexibility index (Phi) is 4.31. The number of hydrogen-bond donors (Lipinski definition) is 0. The molecule has 0 radical (unpaired) electrons. The van der Waals surface area contributed by atoms with Crippen molar-refractivity contribution in [2.45, 2.75) is 38.6 Å². The third kappa shape index (κ3) is 3.30. The molecule has 0 spiro atoms. The van der Waals surface area contributed by atoms with Gasteiger partial charge < -0.3 is 9.42 Å². The lowest BCUT2D eigenvalue weighted by atomic mass is 10.1. The van der Waals surface area contributed by atoms with Crippen LogP contribution in [0.4, 0.5) is 0 Å². The van der Waals surface area contributed by atoms with E-state index in [0.717, 1.165) is 46.5 Å². The van der Waals surface area contributed by atoms with Crippen LogP contribution < -0.4 is 0 Å². The van der Waals surface area contributed by atoms with Gasteiger partial charge in [0.1, 0.15) is 11.5 Å². The Hall–Kier alpha value is -1.33. The molecule has 3 rings (SSSR count). The second-order valence-electron chi connectivity index (χ2n) is 5.31. The van der Waals surface area contributed by atoms with Crippen molar-refractivity contribution in [1.82, 2.24) is 10.1 Å². The smallest absolute Gasteiger partial charge is 0.223 e. The highest BCUT2D eigenvalue weighted by Crippen LogP contribution is 2.32. The number of carbonyl (C=O) groups excluding carboxylic acids is 1. The van der Waals surface area contributed by atoms with Crippen LogP contribution in [0.3, 0.4) is 0 Å². The number of amides is 1. The third-order valence-corrected chi connectivity index (χ3v) is 5.07. The predicted octanol–water partition coefficient (Wildman–Crippen LogP) is 3.99. The molecule has 1 aliphatic rings. The second kappa shape index (κ2) is 6.20. The van der Waals surface area contributed by atoms with E-state index in [2.05, 4.69) is 5.16 Å². The van der Waals surface area contributed by atoms with E-state index in [9.17, 15) is 4.79 Å². The molecule has 0 bridgehead atoms. The van der Waals surface area contributed by atoms with Crippen LogP contribution in [0.1, 0.15) is 41.6 Å². The lowest BCUT2D eigenvalue weighted by molar-refractivity contribution is -0.132. The fourth-order valence-corrected chi connectivity index (χ4v) is 3.86. The summed E-state index contributed by atoms with van der Waals surface area (Å²) in [4.78, 5) is 15.5. The molecule has 0 aromatic carbocycles. The van der Waals surface area contributed by atoms with Gasteiger partial charge in [-0.2, -0.15) is 0 Å². The largest absolute Gasteiger partial charge is 0.361 e. The summed E-state index contributed by atoms with van der Waals surface area (Å²) in [5, 5.41) is 4.07. The molecule has 4 nitrogen and oxygen atoms in total. The van der Waals surface area contributed by atoms with Crippen LogP contribution in [0.25, 0.3) is 0 Å². The van der Waals surface area contributed by atoms with E-state index >= 15 is 0 Å². The molecule has 0 N–H and O–H groups in total. The lowest BCUT2D eigenvalue weighted by Gasteiger charge is -2.22. The number of rotatable bonds is 4. The summed E-state index contributed by atoms with van der Waals surface area (Å²) in [5.41, 5.74) is 0.873. The average Bonchev–Trinajstić information content (AvgIpc) is 3.16. The topological polar surface area (TPSA) is 46.3 Å². The van der Waals surface area contributed by atoms with Gasteiger partial charge in [0.15, 0.2) is 0 Å². The zero-order valence-corrected chi connectivity index (χ0v) is 13.4. The van der Waals surface area contributed by atoms with Crippen LogP contribution in [-0.4, -0.2) is 22.5 Å². The zero-order chi connectivity index (χ0) is 14.8. The number of halogens is 1. The molecule has 1 saturated heterocycles. The molecule has 0 unspecified atom stereocenters. The van der Waals surface area contributed by atoms with Gasteiger partial charge in [0.2, 0.25) is 5.91 Å². The van der Waals surface area contributed by atoms with Gasteiger partial charge in [0, 0.05) is 23.9 Å². The maximum Gasteiger partial charge on any atom is 0.223 e. The molecule has 3 heterocycles. The Morgan fingerprint density at radius 2 is 2.43 bits per heavy atom. The minimum Gasteiger partial charge on any atom is -0.361 e. The number of aromatic nitrogens is 1. The molecular weight excluding hydrogens is 308 g/mol. The normalized spacial score (nSPS) is 18.4. The molecule has 6 heteroatoms. The molecule has 2 aromatic rings. The molecule has 112 valence electrons. The van der Waals surface area contributed by atoms with Crippen molar-refractivity contribution in [3.8, 4) is 0 Å². The van der Waals surface area contributed by atoms with E-state index in [4.69, 9.17) is 16.1 Å². The van der Waals surface area contributed by atoms with Crippen LogP contribution in [-0.2, 0) is 11.2 Å². The summed E-state index contributed by atoms with van der Waals surface area (Å²) < 4.78 is 5.91. The summed E-state index contributed by atoms with van der Waals surface area (Å²) in [6.45, 7) is 2.68. The van der Waals surface area contributed by atoms with Crippen LogP contribution in [0.15, 0.2) is 22.7 Å². The fourth-order valence-electron chi connectivity index (χ4n) is 2.78. The van der Waals surface area contributed by atoms with Crippen LogP contribution in [0.5, 0.6) is 0 Å². The van der Waals surface area contributed by atoms with Crippen molar-refractivity contribution >= 4 is 28.8 Å². The molecule has 0 saturated carbocycles. The summed E-state index contributed by atoms with van der Waals surface area (Å²) in [7, 11) is 0. The highest BCUT2D eigenvalue weighted by Gasteiger charge is 2.31. The molecule has 2 aromatic heterocycles. The van der Waals surface area contributed by atoms with Gasteiger partial charge in [0.05, 0.1) is 10.4 Å². The number of likely N-dealkylation sites (tertiary alicyclic amines) is 1. The first-order valence-electron chi connectivity index (χ1n) is 7.10. The Balaban J connectivity index is 1.63. The molecular formula is C15H17ClN2O2S. The van der Waals surface area contributed by atoms with Gasteiger partial charge in [-0.3, -0.25) is 4.79 Å². The van der Waals surface area contributed by atoms with Gasteiger partial charge >= 0.3 is 0 Å². The van der Waals surface area contributed by atoms with Crippen molar-refractivity contribution < 1.29 is 9.32 Å². The van der Waals surface area contributed by atoms with Gasteiger partial charge in [-0.05, 0) is 38.3 Å². The Morgan fingerprint density at radius 1 is 1.57 bits per heavy atom. The SMILES string of the molecule is Cc1cc([C@H]2CCCN2C(=O)CCc2ccc(Cl)s2)no1. The fraction of sp³-hybridized carbons (Fsp3) is 0.467. The van der Waals surface area contributed by atoms with Crippen LogP contribution in [0, 0.1) is 6.92 Å². The summed E-state index contributed by atoms with van der Waals surface area (Å²) >= 11 is 7.45. The van der Waals surface area contributed by atoms with Crippen LogP contribution >= 0.6 is 22.9 Å². The summed E-state index contributed by atoms with van der Waals surface area (Å²) in [6, 6.07) is 5.86. The van der Waals surface area contributed by atoms with Crippen molar-refractivity contribution in [3.63, 3.8) is 0 Å². The Labute approximate surface area is 132 Å². The number of aryl methyl sites for hydroxylation is 2. The third-order valence-electron chi connectivity index (χ3n) is 3.77. The van der Waals surface area contributed by atoms with E-state index in [1.165, 1.54) is 0 Å². The molecule has 1 atom stereocenters. The number of carbonyl (C=O) groups is 1. The van der Waals surface area contributed by atoms with Crippen molar-refractivity contribution in [2.24, 2.45) is 0 Å². The van der Waals surface area contributed by atoms with Gasteiger partial charge in [-0.25, -0.2) is 0 Å². The molecule has 1 amide bonds. The standard InChI is InChI=1S/C15H17ClN2O2S/c1-10-9-12(17-20-10)13-3-2-8-18(13)15(19)7-5-11-4-6-14(16)21-11/h4,6,9,13H,2-3,5,7-8H2,1H3/t13-/m1/s1. The molecule has 1 fully saturated rings. The monoisotopic (exact) mass is 324 g/mol. The highest BCUT2D eigenvalue weighted by atomic mass is 35.5. The van der Waals surface area contributed by atoms with E-state index in [1.54, 1.807) is 11.3 Å². The van der Waals surface area contributed by atoms with Crippen molar-refractivity contribution in [2.75, 3.05) is 6.54 Å². The van der Waals surface area contributed by atoms with Gasteiger partial charge in [0.25, 0.3) is 0 Å². The molecule has 1 aliphatic heterocycles. The zero-order valence-electron chi connectivity index (χ0n) is 11.8. The molecule has 0 aliphatic carbocycles. The van der Waals surface area contributed by atoms with E-state index in [1.807, 2.05) is 30.0 Å². The maximum atomic E-state index is 12.5. The lowest BCUT2D eigenvalue weighted by Crippen LogP contribution is -2.30. The van der Waals surface area contributed by atoms with E-state index < -0.39 is 0 Å². The summed E-state index contributed by atoms with van der Waals surface area (Å²) in [6.07, 6.45) is 3.25. The second-order valence-corrected chi connectivity index (χ2v) is 7.11. The Bertz CT molecular complexity index is 637. The number of nitrogens with zero attached hydrogens (tertiary/aromatic N) is 2. The predicted molar refractivity (Wildman–Crippen MR) is 82.6 cm³/mol. The van der Waals surface area contributed by atoms with E-state index in [-0.39, 0.29) is 11.9 Å². The first-order chi connectivity index (χ1) is 10.1. The number of thiophene rings is 1. The van der Waals surface area contributed by atoms with Crippen molar-refractivity contribution in [1.29, 1.82) is 0 Å². The number of hydrogen-bond acceptors (Lipinski definition) is 4. The van der Waals surface area contributed by atoms with Gasteiger partial charge in [-0.15, -0.1) is 11.3 Å². The van der Waals surface area contributed by atoms with Crippen molar-refractivity contribution in [3.05, 3.63) is 38.9 Å². The minimum atomic E-state index is 0.0712. The first-order valence-corrected chi connectivity index (χ1v) is 8.30. The maximum absolute atomic E-state index is 12.5. The quantitative estimate of drug-likeness (QED) is 0.854.